The molecule has 1 aliphatic heterocycles. The number of hydrogen-bond donors (Lipinski definition) is 7. The molecule has 1 fully saturated rings. The van der Waals surface area contributed by atoms with Gasteiger partial charge < -0.3 is 49.6 Å². The Labute approximate surface area is 179 Å². The maximum Gasteiger partial charge on any atom is 0.239 e. The first-order valence-corrected chi connectivity index (χ1v) is 9.50. The summed E-state index contributed by atoms with van der Waals surface area (Å²) in [5.41, 5.74) is -1.05. The minimum atomic E-state index is -1.74. The number of aliphatic hydroxyl groups excluding tert-OH is 3. The second-order valence-electron chi connectivity index (χ2n) is 7.43. The van der Waals surface area contributed by atoms with Gasteiger partial charge in [-0.2, -0.15) is 0 Å². The Hall–Kier alpha value is -3.51. The van der Waals surface area contributed by atoms with Crippen molar-refractivity contribution in [1.29, 1.82) is 0 Å². The summed E-state index contributed by atoms with van der Waals surface area (Å²) in [6.07, 6.45) is -7.35. The maximum atomic E-state index is 13.2. The van der Waals surface area contributed by atoms with Gasteiger partial charge >= 0.3 is 0 Å². The van der Waals surface area contributed by atoms with Gasteiger partial charge in [0.2, 0.25) is 17.5 Å². The van der Waals surface area contributed by atoms with E-state index in [1.54, 1.807) is 0 Å². The lowest BCUT2D eigenvalue weighted by atomic mass is 10.00. The Balaban J connectivity index is 1.92. The Kier molecular flexibility index (Phi) is 5.34. The lowest BCUT2D eigenvalue weighted by Crippen LogP contribution is -2.58. The van der Waals surface area contributed by atoms with Gasteiger partial charge in [0.1, 0.15) is 40.8 Å². The van der Waals surface area contributed by atoms with Gasteiger partial charge in [0.15, 0.2) is 17.3 Å². The molecule has 0 amide bonds. The van der Waals surface area contributed by atoms with Gasteiger partial charge in [0.25, 0.3) is 0 Å². The molecule has 0 aliphatic carbocycles. The second kappa shape index (κ2) is 7.88. The van der Waals surface area contributed by atoms with Crippen LogP contribution in [0.15, 0.2) is 39.5 Å². The van der Waals surface area contributed by atoms with Crippen LogP contribution in [0.3, 0.4) is 0 Å². The minimum Gasteiger partial charge on any atom is -0.508 e. The fourth-order valence-electron chi connectivity index (χ4n) is 3.46. The normalized spacial score (nSPS) is 25.7. The molecule has 3 aromatic rings. The van der Waals surface area contributed by atoms with Crippen molar-refractivity contribution in [3.63, 3.8) is 0 Å². The van der Waals surface area contributed by atoms with Gasteiger partial charge in [0, 0.05) is 17.7 Å². The number of phenols is 4. The highest BCUT2D eigenvalue weighted by Crippen LogP contribution is 2.39. The summed E-state index contributed by atoms with van der Waals surface area (Å²) >= 11 is 0. The third-order valence-corrected chi connectivity index (χ3v) is 5.20. The van der Waals surface area contributed by atoms with Crippen LogP contribution < -0.4 is 10.2 Å². The van der Waals surface area contributed by atoms with Gasteiger partial charge in [-0.1, -0.05) is 0 Å². The molecule has 32 heavy (non-hydrogen) atoms. The monoisotopic (exact) mass is 448 g/mol. The maximum absolute atomic E-state index is 13.2. The molecule has 0 saturated carbocycles. The minimum absolute atomic E-state index is 0.0658. The zero-order valence-corrected chi connectivity index (χ0v) is 16.5. The third-order valence-electron chi connectivity index (χ3n) is 5.20. The molecule has 1 saturated heterocycles. The molecule has 0 unspecified atom stereocenters. The molecule has 4 rings (SSSR count). The highest BCUT2D eigenvalue weighted by Gasteiger charge is 2.44. The lowest BCUT2D eigenvalue weighted by molar-refractivity contribution is -0.268. The van der Waals surface area contributed by atoms with E-state index in [0.29, 0.717) is 0 Å². The van der Waals surface area contributed by atoms with Crippen molar-refractivity contribution in [1.82, 2.24) is 0 Å². The van der Waals surface area contributed by atoms with Crippen LogP contribution in [0.25, 0.3) is 22.3 Å². The number of benzene rings is 2. The summed E-state index contributed by atoms with van der Waals surface area (Å²) in [5.74, 6) is -2.80. The number of aromatic hydroxyl groups is 4. The van der Waals surface area contributed by atoms with Gasteiger partial charge in [-0.25, -0.2) is 0 Å². The summed E-state index contributed by atoms with van der Waals surface area (Å²) in [6, 6.07) is 5.51. The molecule has 7 N–H and O–H groups in total. The Morgan fingerprint density at radius 2 is 1.59 bits per heavy atom. The largest absolute Gasteiger partial charge is 0.508 e. The van der Waals surface area contributed by atoms with E-state index in [1.165, 1.54) is 13.0 Å². The SMILES string of the molecule is C[C@@H]1O[C@H](Oc2c(-c3ccc(O)c(O)c3)oc3cc(O)cc(O)c3c2=O)[C@H](O)[C@@H](O)[C@H]1O. The molecule has 5 atom stereocenters. The Morgan fingerprint density at radius 1 is 0.875 bits per heavy atom. The van der Waals surface area contributed by atoms with Gasteiger partial charge in [0.05, 0.1) is 6.10 Å². The summed E-state index contributed by atoms with van der Waals surface area (Å²) in [7, 11) is 0. The van der Waals surface area contributed by atoms with Crippen molar-refractivity contribution < 1.29 is 49.6 Å². The second-order valence-corrected chi connectivity index (χ2v) is 7.43. The molecular weight excluding hydrogens is 428 g/mol. The fourth-order valence-corrected chi connectivity index (χ4v) is 3.46. The summed E-state index contributed by atoms with van der Waals surface area (Å²) in [6.45, 7) is 1.42. The van der Waals surface area contributed by atoms with E-state index < -0.39 is 59.1 Å². The molecule has 1 aliphatic rings. The molecule has 170 valence electrons. The summed E-state index contributed by atoms with van der Waals surface area (Å²) in [4.78, 5) is 13.2. The van der Waals surface area contributed by atoms with Crippen molar-refractivity contribution in [3.05, 3.63) is 40.6 Å². The van der Waals surface area contributed by atoms with Crippen LogP contribution in [-0.2, 0) is 4.74 Å². The van der Waals surface area contributed by atoms with Crippen LogP contribution >= 0.6 is 0 Å². The number of phenolic OH excluding ortho intramolecular Hbond substituents is 4. The van der Waals surface area contributed by atoms with Crippen LogP contribution in [0.5, 0.6) is 28.7 Å². The van der Waals surface area contributed by atoms with Crippen LogP contribution in [-0.4, -0.2) is 66.5 Å². The Bertz CT molecular complexity index is 1230. The topological polar surface area (TPSA) is 190 Å². The van der Waals surface area contributed by atoms with E-state index in [9.17, 15) is 40.5 Å². The lowest BCUT2D eigenvalue weighted by Gasteiger charge is -2.38. The third kappa shape index (κ3) is 3.56. The smallest absolute Gasteiger partial charge is 0.239 e. The van der Waals surface area contributed by atoms with E-state index in [1.807, 2.05) is 0 Å². The first-order valence-electron chi connectivity index (χ1n) is 9.50. The van der Waals surface area contributed by atoms with Gasteiger partial charge in [-0.15, -0.1) is 0 Å². The summed E-state index contributed by atoms with van der Waals surface area (Å²) in [5, 5.41) is 69.2. The molecule has 11 heteroatoms. The molecule has 0 bridgehead atoms. The summed E-state index contributed by atoms with van der Waals surface area (Å²) < 4.78 is 16.6. The average Bonchev–Trinajstić information content (AvgIpc) is 2.73. The molecule has 2 heterocycles. The van der Waals surface area contributed by atoms with Crippen molar-refractivity contribution in [2.75, 3.05) is 0 Å². The van der Waals surface area contributed by atoms with E-state index in [4.69, 9.17) is 13.9 Å². The first-order chi connectivity index (χ1) is 15.1. The number of hydrogen-bond acceptors (Lipinski definition) is 11. The van der Waals surface area contributed by atoms with E-state index in [2.05, 4.69) is 0 Å². The van der Waals surface area contributed by atoms with Crippen LogP contribution in [0, 0.1) is 0 Å². The average molecular weight is 448 g/mol. The van der Waals surface area contributed by atoms with E-state index in [-0.39, 0.29) is 28.0 Å². The van der Waals surface area contributed by atoms with Crippen molar-refractivity contribution in [2.24, 2.45) is 0 Å². The van der Waals surface area contributed by atoms with Crippen molar-refractivity contribution >= 4 is 11.0 Å². The highest BCUT2D eigenvalue weighted by molar-refractivity contribution is 5.88. The number of aliphatic hydroxyl groups is 3. The van der Waals surface area contributed by atoms with E-state index in [0.717, 1.165) is 24.3 Å². The molecule has 0 spiro atoms. The number of fused-ring (bicyclic) bond motifs is 1. The zero-order valence-electron chi connectivity index (χ0n) is 16.5. The quantitative estimate of drug-likeness (QED) is 0.276. The Morgan fingerprint density at radius 3 is 2.28 bits per heavy atom. The van der Waals surface area contributed by atoms with Crippen LogP contribution in [0.2, 0.25) is 0 Å². The molecule has 2 aromatic carbocycles. The standard InChI is InChI=1S/C21H20O11/c1-7-15(26)17(28)18(29)21(30-7)32-20-16(27)14-12(25)5-9(22)6-13(14)31-19(20)8-2-3-10(23)11(24)4-8/h2-7,15,17-18,21-26,28-29H,1H3/t7-,15-,17-,18+,21+/m0/s1. The molecule has 0 radical (unpaired) electrons. The first kappa shape index (κ1) is 21.7. The predicted molar refractivity (Wildman–Crippen MR) is 108 cm³/mol. The predicted octanol–water partition coefficient (Wildman–Crippen LogP) is 0.489. The molecular formula is C21H20O11. The molecule has 11 nitrogen and oxygen atoms in total. The van der Waals surface area contributed by atoms with Gasteiger partial charge in [-0.05, 0) is 25.1 Å². The van der Waals surface area contributed by atoms with E-state index >= 15 is 0 Å². The van der Waals surface area contributed by atoms with Crippen molar-refractivity contribution in [3.8, 4) is 40.1 Å². The number of ether oxygens (including phenoxy) is 2. The molecule has 1 aromatic heterocycles. The van der Waals surface area contributed by atoms with Crippen LogP contribution in [0.1, 0.15) is 6.92 Å². The van der Waals surface area contributed by atoms with Gasteiger partial charge in [-0.3, -0.25) is 4.79 Å². The number of rotatable bonds is 3. The highest BCUT2D eigenvalue weighted by atomic mass is 16.7. The van der Waals surface area contributed by atoms with Crippen LogP contribution in [0.4, 0.5) is 0 Å². The zero-order chi connectivity index (χ0) is 23.3. The fraction of sp³-hybridized carbons (Fsp3) is 0.286. The van der Waals surface area contributed by atoms with Crippen molar-refractivity contribution in [2.45, 2.75) is 37.6 Å².